The summed E-state index contributed by atoms with van der Waals surface area (Å²) in [6, 6.07) is 0. The second-order valence-electron chi connectivity index (χ2n) is 3.01. The lowest BCUT2D eigenvalue weighted by molar-refractivity contribution is -0.120. The van der Waals surface area contributed by atoms with E-state index in [-0.39, 0.29) is 5.92 Å². The molecule has 0 radical (unpaired) electrons. The van der Waals surface area contributed by atoms with Gasteiger partial charge >= 0.3 is 0 Å². The number of hydrogen-bond donors (Lipinski definition) is 0. The zero-order valence-corrected chi connectivity index (χ0v) is 7.76. The summed E-state index contributed by atoms with van der Waals surface area (Å²) in [5.41, 5.74) is 0. The van der Waals surface area contributed by atoms with E-state index >= 15 is 0 Å². The molecule has 0 fully saturated rings. The van der Waals surface area contributed by atoms with Crippen molar-refractivity contribution in [2.24, 2.45) is 5.92 Å². The molecule has 0 heterocycles. The van der Waals surface area contributed by atoms with Crippen molar-refractivity contribution in [3.05, 3.63) is 12.2 Å². The van der Waals surface area contributed by atoms with E-state index in [9.17, 15) is 4.79 Å². The Balaban J connectivity index is 3.31. The van der Waals surface area contributed by atoms with E-state index in [1.54, 1.807) is 6.92 Å². The summed E-state index contributed by atoms with van der Waals surface area (Å²) >= 11 is 0. The number of hydrogen-bond acceptors (Lipinski definition) is 1. The Bertz CT molecular complexity index is 136. The molecule has 1 nitrogen and oxygen atoms in total. The SMILES string of the molecule is CC=CCCCC(C)C(C)=O. The first kappa shape index (κ1) is 10.4. The summed E-state index contributed by atoms with van der Waals surface area (Å²) in [5.74, 6) is 0.561. The Labute approximate surface area is 69.5 Å². The van der Waals surface area contributed by atoms with Crippen LogP contribution in [-0.2, 0) is 4.79 Å². The molecule has 0 aliphatic rings. The molecule has 0 bridgehead atoms. The maximum absolute atomic E-state index is 10.8. The highest BCUT2D eigenvalue weighted by atomic mass is 16.1. The second-order valence-corrected chi connectivity index (χ2v) is 3.01. The van der Waals surface area contributed by atoms with Crippen LogP contribution in [0.5, 0.6) is 0 Å². The standard InChI is InChI=1S/C10H18O/c1-4-5-6-7-8-9(2)10(3)11/h4-5,9H,6-8H2,1-3H3. The van der Waals surface area contributed by atoms with Gasteiger partial charge < -0.3 is 0 Å². The Hall–Kier alpha value is -0.590. The Morgan fingerprint density at radius 1 is 1.55 bits per heavy atom. The molecule has 0 N–H and O–H groups in total. The number of Topliss-reactive ketones (excluding diaryl/α,β-unsaturated/α-hetero) is 1. The highest BCUT2D eigenvalue weighted by molar-refractivity contribution is 5.77. The average Bonchev–Trinajstić information content (AvgIpc) is 1.97. The van der Waals surface area contributed by atoms with E-state index in [1.165, 1.54) is 0 Å². The minimum absolute atomic E-state index is 0.250. The second kappa shape index (κ2) is 6.14. The van der Waals surface area contributed by atoms with Gasteiger partial charge in [0.05, 0.1) is 0 Å². The third kappa shape index (κ3) is 5.84. The lowest BCUT2D eigenvalue weighted by atomic mass is 10.0. The summed E-state index contributed by atoms with van der Waals surface area (Å²) in [5, 5.41) is 0. The normalized spacial score (nSPS) is 13.7. The van der Waals surface area contributed by atoms with Gasteiger partial charge in [-0.15, -0.1) is 0 Å². The van der Waals surface area contributed by atoms with Gasteiger partial charge in [0.15, 0.2) is 0 Å². The minimum atomic E-state index is 0.250. The van der Waals surface area contributed by atoms with Crippen LogP contribution in [0, 0.1) is 5.92 Å². The van der Waals surface area contributed by atoms with E-state index in [0.29, 0.717) is 5.78 Å². The third-order valence-corrected chi connectivity index (χ3v) is 1.94. The van der Waals surface area contributed by atoms with E-state index in [1.807, 2.05) is 13.8 Å². The van der Waals surface area contributed by atoms with Crippen LogP contribution in [0.1, 0.15) is 40.0 Å². The molecule has 0 saturated heterocycles. The van der Waals surface area contributed by atoms with Crippen LogP contribution >= 0.6 is 0 Å². The van der Waals surface area contributed by atoms with Crippen LogP contribution in [0.4, 0.5) is 0 Å². The van der Waals surface area contributed by atoms with E-state index in [0.717, 1.165) is 19.3 Å². The highest BCUT2D eigenvalue weighted by Crippen LogP contribution is 2.08. The molecule has 0 aromatic rings. The maximum atomic E-state index is 10.8. The zero-order chi connectivity index (χ0) is 8.69. The lowest BCUT2D eigenvalue weighted by Gasteiger charge is -2.04. The monoisotopic (exact) mass is 154 g/mol. The molecule has 0 aromatic heterocycles. The van der Waals surface area contributed by atoms with Crippen molar-refractivity contribution in [2.45, 2.75) is 40.0 Å². The van der Waals surface area contributed by atoms with Crippen molar-refractivity contribution in [3.8, 4) is 0 Å². The fraction of sp³-hybridized carbons (Fsp3) is 0.700. The van der Waals surface area contributed by atoms with Gasteiger partial charge in [0.1, 0.15) is 5.78 Å². The molecule has 11 heavy (non-hydrogen) atoms. The van der Waals surface area contributed by atoms with Crippen molar-refractivity contribution in [1.29, 1.82) is 0 Å². The van der Waals surface area contributed by atoms with Gasteiger partial charge in [0.25, 0.3) is 0 Å². The number of ketones is 1. The molecule has 0 amide bonds. The number of carbonyl (C=O) groups is 1. The summed E-state index contributed by atoms with van der Waals surface area (Å²) in [4.78, 5) is 10.8. The summed E-state index contributed by atoms with van der Waals surface area (Å²) in [7, 11) is 0. The lowest BCUT2D eigenvalue weighted by Crippen LogP contribution is -2.05. The average molecular weight is 154 g/mol. The topological polar surface area (TPSA) is 17.1 Å². The van der Waals surface area contributed by atoms with Crippen molar-refractivity contribution in [1.82, 2.24) is 0 Å². The summed E-state index contributed by atoms with van der Waals surface area (Å²) in [6.07, 6.45) is 7.46. The Morgan fingerprint density at radius 2 is 2.18 bits per heavy atom. The van der Waals surface area contributed by atoms with Gasteiger partial charge in [-0.25, -0.2) is 0 Å². The number of allylic oxidation sites excluding steroid dienone is 2. The molecular weight excluding hydrogens is 136 g/mol. The largest absolute Gasteiger partial charge is 0.300 e. The smallest absolute Gasteiger partial charge is 0.132 e. The van der Waals surface area contributed by atoms with Crippen LogP contribution in [0.25, 0.3) is 0 Å². The number of unbranched alkanes of at least 4 members (excludes halogenated alkanes) is 1. The summed E-state index contributed by atoms with van der Waals surface area (Å²) < 4.78 is 0. The number of carbonyl (C=O) groups excluding carboxylic acids is 1. The Kier molecular flexibility index (Phi) is 5.81. The van der Waals surface area contributed by atoms with Crippen molar-refractivity contribution < 1.29 is 4.79 Å². The fourth-order valence-electron chi connectivity index (χ4n) is 0.912. The first-order valence-corrected chi connectivity index (χ1v) is 4.30. The quantitative estimate of drug-likeness (QED) is 0.439. The van der Waals surface area contributed by atoms with Gasteiger partial charge in [-0.1, -0.05) is 19.1 Å². The predicted octanol–water partition coefficient (Wildman–Crippen LogP) is 2.96. The van der Waals surface area contributed by atoms with E-state index in [2.05, 4.69) is 12.2 Å². The number of rotatable bonds is 5. The molecule has 0 aromatic carbocycles. The van der Waals surface area contributed by atoms with E-state index in [4.69, 9.17) is 0 Å². The molecule has 1 atom stereocenters. The predicted molar refractivity (Wildman–Crippen MR) is 48.5 cm³/mol. The molecule has 64 valence electrons. The summed E-state index contributed by atoms with van der Waals surface area (Å²) in [6.45, 7) is 5.69. The van der Waals surface area contributed by atoms with Crippen LogP contribution in [0.3, 0.4) is 0 Å². The molecule has 0 saturated carbocycles. The molecule has 1 heteroatoms. The first-order chi connectivity index (χ1) is 5.18. The van der Waals surface area contributed by atoms with Crippen molar-refractivity contribution in [2.75, 3.05) is 0 Å². The Morgan fingerprint density at radius 3 is 2.64 bits per heavy atom. The molecule has 1 unspecified atom stereocenters. The van der Waals surface area contributed by atoms with Crippen molar-refractivity contribution in [3.63, 3.8) is 0 Å². The van der Waals surface area contributed by atoms with Crippen LogP contribution in [0.15, 0.2) is 12.2 Å². The molecular formula is C10H18O. The fourth-order valence-corrected chi connectivity index (χ4v) is 0.912. The van der Waals surface area contributed by atoms with Gasteiger partial charge in [0.2, 0.25) is 0 Å². The van der Waals surface area contributed by atoms with Crippen LogP contribution in [0.2, 0.25) is 0 Å². The minimum Gasteiger partial charge on any atom is -0.300 e. The first-order valence-electron chi connectivity index (χ1n) is 4.30. The van der Waals surface area contributed by atoms with Gasteiger partial charge in [0, 0.05) is 5.92 Å². The molecule has 0 rings (SSSR count). The van der Waals surface area contributed by atoms with Gasteiger partial charge in [-0.05, 0) is 33.1 Å². The molecule has 0 spiro atoms. The van der Waals surface area contributed by atoms with Crippen LogP contribution < -0.4 is 0 Å². The maximum Gasteiger partial charge on any atom is 0.132 e. The zero-order valence-electron chi connectivity index (χ0n) is 7.76. The van der Waals surface area contributed by atoms with Gasteiger partial charge in [-0.3, -0.25) is 4.79 Å². The van der Waals surface area contributed by atoms with Crippen molar-refractivity contribution >= 4 is 5.78 Å². The molecule has 0 aliphatic heterocycles. The molecule has 0 aliphatic carbocycles. The van der Waals surface area contributed by atoms with Crippen LogP contribution in [-0.4, -0.2) is 5.78 Å². The third-order valence-electron chi connectivity index (χ3n) is 1.94. The highest BCUT2D eigenvalue weighted by Gasteiger charge is 2.05. The van der Waals surface area contributed by atoms with Gasteiger partial charge in [-0.2, -0.15) is 0 Å². The van der Waals surface area contributed by atoms with E-state index < -0.39 is 0 Å².